The number of hydrogen-bond donors (Lipinski definition) is 0. The summed E-state index contributed by atoms with van der Waals surface area (Å²) in [6.07, 6.45) is 1.06. The van der Waals surface area contributed by atoms with Crippen molar-refractivity contribution >= 4 is 40.3 Å². The molecule has 0 saturated carbocycles. The van der Waals surface area contributed by atoms with Gasteiger partial charge in [0.2, 0.25) is 0 Å². The molecule has 0 unspecified atom stereocenters. The van der Waals surface area contributed by atoms with Gasteiger partial charge in [-0.3, -0.25) is 9.59 Å². The van der Waals surface area contributed by atoms with Gasteiger partial charge in [-0.2, -0.15) is 0 Å². The summed E-state index contributed by atoms with van der Waals surface area (Å²) in [7, 11) is 1.36. The van der Waals surface area contributed by atoms with Crippen LogP contribution in [-0.2, 0) is 19.1 Å². The minimum Gasteiger partial charge on any atom is -0.469 e. The Hall–Kier alpha value is -3.27. The van der Waals surface area contributed by atoms with E-state index >= 15 is 0 Å². The first-order chi connectivity index (χ1) is 15.0. The number of carbonyl (C=O) groups excluding carboxylic acids is 3. The van der Waals surface area contributed by atoms with Crippen LogP contribution in [0.15, 0.2) is 28.1 Å². The van der Waals surface area contributed by atoms with E-state index in [0.29, 0.717) is 42.7 Å². The number of rotatable bonds is 5. The van der Waals surface area contributed by atoms with Crippen LogP contribution < -0.4 is 0 Å². The molecule has 0 spiro atoms. The van der Waals surface area contributed by atoms with Crippen molar-refractivity contribution in [3.05, 3.63) is 34.8 Å². The molecule has 0 N–H and O–H groups in total. The standard InChI is InChI=1S/C21H21N3O6S/c1-12-18-14(10-15(16-4-3-9-31-16)22-19(18)30-23-12)21(27)29-11-17(25)24-7-5-13(6-8-24)20(26)28-2/h3-4,9-10,13H,5-8,11H2,1-2H3. The molecule has 31 heavy (non-hydrogen) atoms. The van der Waals surface area contributed by atoms with Crippen LogP contribution in [0.3, 0.4) is 0 Å². The summed E-state index contributed by atoms with van der Waals surface area (Å²) in [4.78, 5) is 43.9. The normalized spacial score (nSPS) is 14.6. The first-order valence-electron chi connectivity index (χ1n) is 9.81. The van der Waals surface area contributed by atoms with E-state index in [0.717, 1.165) is 4.88 Å². The number of fused-ring (bicyclic) bond motifs is 1. The van der Waals surface area contributed by atoms with E-state index in [1.54, 1.807) is 17.9 Å². The molecule has 4 heterocycles. The van der Waals surface area contributed by atoms with Gasteiger partial charge in [-0.25, -0.2) is 9.78 Å². The molecule has 10 heteroatoms. The number of piperidine rings is 1. The van der Waals surface area contributed by atoms with Gasteiger partial charge in [-0.1, -0.05) is 11.2 Å². The number of nitrogens with zero attached hydrogens (tertiary/aromatic N) is 3. The van der Waals surface area contributed by atoms with Crippen molar-refractivity contribution in [2.75, 3.05) is 26.8 Å². The molecule has 9 nitrogen and oxygen atoms in total. The monoisotopic (exact) mass is 443 g/mol. The maximum atomic E-state index is 12.9. The molecule has 0 bridgehead atoms. The van der Waals surface area contributed by atoms with E-state index in [2.05, 4.69) is 10.1 Å². The number of aromatic nitrogens is 2. The fourth-order valence-corrected chi connectivity index (χ4v) is 4.32. The number of thiophene rings is 1. The van der Waals surface area contributed by atoms with E-state index in [-0.39, 0.29) is 35.7 Å². The molecular weight excluding hydrogens is 422 g/mol. The lowest BCUT2D eigenvalue weighted by molar-refractivity contribution is -0.149. The number of pyridine rings is 1. The largest absolute Gasteiger partial charge is 0.469 e. The number of likely N-dealkylation sites (tertiary alicyclic amines) is 1. The summed E-state index contributed by atoms with van der Waals surface area (Å²) in [6.45, 7) is 2.17. The van der Waals surface area contributed by atoms with Gasteiger partial charge in [0.15, 0.2) is 6.61 Å². The number of methoxy groups -OCH3 is 1. The molecule has 0 atom stereocenters. The SMILES string of the molecule is COC(=O)C1CCN(C(=O)COC(=O)c2cc(-c3cccs3)nc3onc(C)c23)CC1. The van der Waals surface area contributed by atoms with Crippen LogP contribution >= 0.6 is 11.3 Å². The molecule has 3 aromatic heterocycles. The molecule has 162 valence electrons. The fraction of sp³-hybridized carbons (Fsp3) is 0.381. The molecule has 0 radical (unpaired) electrons. The van der Waals surface area contributed by atoms with Crippen LogP contribution in [0.2, 0.25) is 0 Å². The minimum atomic E-state index is -0.644. The Kier molecular flexibility index (Phi) is 5.99. The average molecular weight is 443 g/mol. The molecule has 1 fully saturated rings. The van der Waals surface area contributed by atoms with Crippen molar-refractivity contribution in [1.82, 2.24) is 15.0 Å². The Labute approximate surface area is 181 Å². The van der Waals surface area contributed by atoms with Gasteiger partial charge in [0, 0.05) is 13.1 Å². The molecule has 4 rings (SSSR count). The van der Waals surface area contributed by atoms with Crippen molar-refractivity contribution in [1.29, 1.82) is 0 Å². The maximum absolute atomic E-state index is 12.9. The highest BCUT2D eigenvalue weighted by molar-refractivity contribution is 7.13. The molecular formula is C21H21N3O6S. The minimum absolute atomic E-state index is 0.200. The van der Waals surface area contributed by atoms with E-state index in [4.69, 9.17) is 14.0 Å². The predicted molar refractivity (Wildman–Crippen MR) is 111 cm³/mol. The van der Waals surface area contributed by atoms with Gasteiger partial charge in [0.05, 0.1) is 40.2 Å². The molecule has 1 saturated heterocycles. The summed E-state index contributed by atoms with van der Waals surface area (Å²) in [6, 6.07) is 5.41. The lowest BCUT2D eigenvalue weighted by atomic mass is 9.97. The van der Waals surface area contributed by atoms with Crippen molar-refractivity contribution in [3.63, 3.8) is 0 Å². The van der Waals surface area contributed by atoms with Crippen LogP contribution in [0.5, 0.6) is 0 Å². The second-order valence-corrected chi connectivity index (χ2v) is 8.18. The third kappa shape index (κ3) is 4.29. The van der Waals surface area contributed by atoms with Crippen molar-refractivity contribution in [2.24, 2.45) is 5.92 Å². The third-order valence-corrected chi connectivity index (χ3v) is 6.21. The number of carbonyl (C=O) groups is 3. The zero-order valence-corrected chi connectivity index (χ0v) is 17.9. The molecule has 0 aromatic carbocycles. The van der Waals surface area contributed by atoms with Crippen LogP contribution in [0.4, 0.5) is 0 Å². The van der Waals surface area contributed by atoms with Gasteiger partial charge in [0.1, 0.15) is 0 Å². The van der Waals surface area contributed by atoms with Crippen LogP contribution in [0.25, 0.3) is 21.7 Å². The van der Waals surface area contributed by atoms with Crippen LogP contribution in [-0.4, -0.2) is 59.7 Å². The Balaban J connectivity index is 1.46. The fourth-order valence-electron chi connectivity index (χ4n) is 3.63. The highest BCUT2D eigenvalue weighted by Gasteiger charge is 2.29. The highest BCUT2D eigenvalue weighted by Crippen LogP contribution is 2.29. The topological polar surface area (TPSA) is 112 Å². The average Bonchev–Trinajstić information content (AvgIpc) is 3.46. The van der Waals surface area contributed by atoms with Gasteiger partial charge >= 0.3 is 11.9 Å². The van der Waals surface area contributed by atoms with E-state index in [1.807, 2.05) is 17.5 Å². The van der Waals surface area contributed by atoms with Crippen molar-refractivity contribution in [2.45, 2.75) is 19.8 Å². The second-order valence-electron chi connectivity index (χ2n) is 7.23. The van der Waals surface area contributed by atoms with Gasteiger partial charge in [0.25, 0.3) is 11.6 Å². The summed E-state index contributed by atoms with van der Waals surface area (Å²) < 4.78 is 15.3. The van der Waals surface area contributed by atoms with E-state index in [9.17, 15) is 14.4 Å². The smallest absolute Gasteiger partial charge is 0.339 e. The molecule has 1 aliphatic heterocycles. The summed E-state index contributed by atoms with van der Waals surface area (Å²) in [5.74, 6) is -1.41. The Morgan fingerprint density at radius 1 is 1.29 bits per heavy atom. The van der Waals surface area contributed by atoms with Crippen molar-refractivity contribution in [3.8, 4) is 10.6 Å². The summed E-state index contributed by atoms with van der Waals surface area (Å²) in [5.41, 5.74) is 1.58. The molecule has 0 aliphatic carbocycles. The van der Waals surface area contributed by atoms with Gasteiger partial charge in [-0.05, 0) is 37.3 Å². The molecule has 3 aromatic rings. The molecule has 1 aliphatic rings. The first kappa shape index (κ1) is 21.0. The van der Waals surface area contributed by atoms with Gasteiger partial charge in [-0.15, -0.1) is 11.3 Å². The quantitative estimate of drug-likeness (QED) is 0.554. The van der Waals surface area contributed by atoms with Crippen LogP contribution in [0.1, 0.15) is 28.9 Å². The predicted octanol–water partition coefficient (Wildman–Crippen LogP) is 2.83. The lowest BCUT2D eigenvalue weighted by Gasteiger charge is -2.30. The number of ether oxygens (including phenoxy) is 2. The summed E-state index contributed by atoms with van der Waals surface area (Å²) >= 11 is 1.48. The Morgan fingerprint density at radius 2 is 2.06 bits per heavy atom. The number of aryl methyl sites for hydroxylation is 1. The number of hydrogen-bond acceptors (Lipinski definition) is 9. The first-order valence-corrected chi connectivity index (χ1v) is 10.7. The lowest BCUT2D eigenvalue weighted by Crippen LogP contribution is -2.42. The van der Waals surface area contributed by atoms with Crippen LogP contribution in [0, 0.1) is 12.8 Å². The van der Waals surface area contributed by atoms with Crippen molar-refractivity contribution < 1.29 is 28.4 Å². The number of esters is 2. The summed E-state index contributed by atoms with van der Waals surface area (Å²) in [5, 5.41) is 6.28. The number of amides is 1. The molecule has 1 amide bonds. The third-order valence-electron chi connectivity index (χ3n) is 5.32. The zero-order chi connectivity index (χ0) is 22.0. The van der Waals surface area contributed by atoms with E-state index < -0.39 is 5.97 Å². The van der Waals surface area contributed by atoms with Gasteiger partial charge < -0.3 is 18.9 Å². The highest BCUT2D eigenvalue weighted by atomic mass is 32.1. The Bertz CT molecular complexity index is 1120. The Morgan fingerprint density at radius 3 is 2.74 bits per heavy atom. The zero-order valence-electron chi connectivity index (χ0n) is 17.1. The maximum Gasteiger partial charge on any atom is 0.339 e. The second kappa shape index (κ2) is 8.84. The van der Waals surface area contributed by atoms with E-state index in [1.165, 1.54) is 18.4 Å².